The number of hydrogen-bond donors (Lipinski definition) is 1. The van der Waals surface area contributed by atoms with Crippen LogP contribution in [0.2, 0.25) is 5.02 Å². The maximum absolute atomic E-state index is 12.4. The molecule has 2 aromatic rings. The van der Waals surface area contributed by atoms with Gasteiger partial charge in [0.05, 0.1) is 16.6 Å². The summed E-state index contributed by atoms with van der Waals surface area (Å²) in [7, 11) is 0. The molecule has 116 valence electrons. The number of likely N-dealkylation sites (tertiary alicyclic amines) is 1. The molecule has 0 aromatic carbocycles. The molecule has 0 bridgehead atoms. The third kappa shape index (κ3) is 3.84. The molecule has 6 nitrogen and oxygen atoms in total. The van der Waals surface area contributed by atoms with Gasteiger partial charge < -0.3 is 9.84 Å². The third-order valence-electron chi connectivity index (χ3n) is 3.73. The smallest absolute Gasteiger partial charge is 0.229 e. The molecular weight excluding hydrogens is 304 g/mol. The lowest BCUT2D eigenvalue weighted by atomic mass is 9.97. The van der Waals surface area contributed by atoms with Crippen LogP contribution in [0.1, 0.15) is 18.5 Å². The van der Waals surface area contributed by atoms with Gasteiger partial charge in [-0.2, -0.15) is 0 Å². The molecule has 3 heterocycles. The van der Waals surface area contributed by atoms with Gasteiger partial charge in [0.2, 0.25) is 5.91 Å². The lowest BCUT2D eigenvalue weighted by Crippen LogP contribution is -2.40. The second-order valence-electron chi connectivity index (χ2n) is 5.42. The maximum atomic E-state index is 12.4. The Morgan fingerprint density at radius 2 is 2.36 bits per heavy atom. The Labute approximate surface area is 133 Å². The molecule has 1 aliphatic rings. The molecule has 0 spiro atoms. The van der Waals surface area contributed by atoms with Gasteiger partial charge >= 0.3 is 0 Å². The standard InChI is InChI=1S/C15H17ClN4O2/c16-12-3-4-14(17-8-12)18-15(21)11-2-1-6-20(9-11)10-13-5-7-22-19-13/h3-5,7-8,11H,1-2,6,9-10H2,(H,17,18,21). The summed E-state index contributed by atoms with van der Waals surface area (Å²) in [6.07, 6.45) is 4.96. The van der Waals surface area contributed by atoms with E-state index in [1.165, 1.54) is 6.20 Å². The van der Waals surface area contributed by atoms with Crippen LogP contribution in [0.25, 0.3) is 0 Å². The number of nitrogens with zero attached hydrogens (tertiary/aromatic N) is 3. The fraction of sp³-hybridized carbons (Fsp3) is 0.400. The van der Waals surface area contributed by atoms with Crippen molar-refractivity contribution in [2.24, 2.45) is 5.92 Å². The summed E-state index contributed by atoms with van der Waals surface area (Å²) in [6.45, 7) is 2.39. The van der Waals surface area contributed by atoms with E-state index in [-0.39, 0.29) is 11.8 Å². The fourth-order valence-corrected chi connectivity index (χ4v) is 2.75. The molecule has 2 aromatic heterocycles. The summed E-state index contributed by atoms with van der Waals surface area (Å²) >= 11 is 5.79. The number of hydrogen-bond acceptors (Lipinski definition) is 5. The lowest BCUT2D eigenvalue weighted by Gasteiger charge is -2.31. The molecule has 1 unspecified atom stereocenters. The first-order chi connectivity index (χ1) is 10.7. The van der Waals surface area contributed by atoms with Crippen LogP contribution in [0.15, 0.2) is 35.2 Å². The van der Waals surface area contributed by atoms with Crippen molar-refractivity contribution in [3.05, 3.63) is 41.4 Å². The van der Waals surface area contributed by atoms with Gasteiger partial charge in [-0.1, -0.05) is 16.8 Å². The molecule has 22 heavy (non-hydrogen) atoms. The number of rotatable bonds is 4. The highest BCUT2D eigenvalue weighted by Crippen LogP contribution is 2.20. The Balaban J connectivity index is 1.56. The second-order valence-corrected chi connectivity index (χ2v) is 5.85. The SMILES string of the molecule is O=C(Nc1ccc(Cl)cn1)C1CCCN(Cc2ccon2)C1. The number of amides is 1. The molecule has 1 atom stereocenters. The van der Waals surface area contributed by atoms with Crippen LogP contribution in [0, 0.1) is 5.92 Å². The highest BCUT2D eigenvalue weighted by Gasteiger charge is 2.26. The van der Waals surface area contributed by atoms with Crippen molar-refractivity contribution in [3.8, 4) is 0 Å². The van der Waals surface area contributed by atoms with Gasteiger partial charge in [-0.3, -0.25) is 9.69 Å². The first kappa shape index (κ1) is 15.0. The van der Waals surface area contributed by atoms with Crippen molar-refractivity contribution >= 4 is 23.3 Å². The van der Waals surface area contributed by atoms with E-state index in [0.717, 1.165) is 25.1 Å². The van der Waals surface area contributed by atoms with E-state index in [1.54, 1.807) is 18.4 Å². The van der Waals surface area contributed by atoms with Gasteiger partial charge in [-0.05, 0) is 31.5 Å². The normalized spacial score (nSPS) is 19.0. The molecule has 1 N–H and O–H groups in total. The first-order valence-corrected chi connectivity index (χ1v) is 7.62. The molecule has 0 radical (unpaired) electrons. The molecule has 1 aliphatic heterocycles. The Hall–Kier alpha value is -1.92. The number of carbonyl (C=O) groups is 1. The molecule has 0 aliphatic carbocycles. The van der Waals surface area contributed by atoms with E-state index in [2.05, 4.69) is 20.4 Å². The van der Waals surface area contributed by atoms with E-state index in [4.69, 9.17) is 16.1 Å². The van der Waals surface area contributed by atoms with Gasteiger partial charge in [0.15, 0.2) is 0 Å². The molecule has 0 saturated carbocycles. The van der Waals surface area contributed by atoms with E-state index >= 15 is 0 Å². The summed E-state index contributed by atoms with van der Waals surface area (Å²) in [4.78, 5) is 18.7. The lowest BCUT2D eigenvalue weighted by molar-refractivity contribution is -0.121. The zero-order valence-corrected chi connectivity index (χ0v) is 12.8. The van der Waals surface area contributed by atoms with Crippen LogP contribution in [-0.2, 0) is 11.3 Å². The maximum Gasteiger partial charge on any atom is 0.229 e. The molecule has 1 fully saturated rings. The van der Waals surface area contributed by atoms with E-state index in [1.807, 2.05) is 6.07 Å². The van der Waals surface area contributed by atoms with Crippen molar-refractivity contribution in [3.63, 3.8) is 0 Å². The van der Waals surface area contributed by atoms with Crippen molar-refractivity contribution in [2.45, 2.75) is 19.4 Å². The largest absolute Gasteiger partial charge is 0.364 e. The van der Waals surface area contributed by atoms with Gasteiger partial charge in [-0.25, -0.2) is 4.98 Å². The van der Waals surface area contributed by atoms with Crippen LogP contribution in [0.4, 0.5) is 5.82 Å². The Morgan fingerprint density at radius 3 is 3.09 bits per heavy atom. The highest BCUT2D eigenvalue weighted by molar-refractivity contribution is 6.30. The molecule has 7 heteroatoms. The minimum atomic E-state index is -0.0434. The summed E-state index contributed by atoms with van der Waals surface area (Å²) < 4.78 is 4.84. The van der Waals surface area contributed by atoms with E-state index in [0.29, 0.717) is 23.9 Å². The quantitative estimate of drug-likeness (QED) is 0.937. The summed E-state index contributed by atoms with van der Waals surface area (Å²) in [5, 5.41) is 7.32. The molecule has 1 saturated heterocycles. The highest BCUT2D eigenvalue weighted by atomic mass is 35.5. The number of pyridine rings is 1. The number of piperidine rings is 1. The van der Waals surface area contributed by atoms with Crippen LogP contribution in [0.3, 0.4) is 0 Å². The fourth-order valence-electron chi connectivity index (χ4n) is 2.64. The average molecular weight is 321 g/mol. The molecular formula is C15H17ClN4O2. The Bertz CT molecular complexity index is 615. The summed E-state index contributed by atoms with van der Waals surface area (Å²) in [5.41, 5.74) is 0.889. The minimum absolute atomic E-state index is 0.000301. The first-order valence-electron chi connectivity index (χ1n) is 7.25. The van der Waals surface area contributed by atoms with Gasteiger partial charge in [-0.15, -0.1) is 0 Å². The van der Waals surface area contributed by atoms with Gasteiger partial charge in [0.25, 0.3) is 0 Å². The van der Waals surface area contributed by atoms with E-state index < -0.39 is 0 Å². The second kappa shape index (κ2) is 6.89. The predicted octanol–water partition coefficient (Wildman–Crippen LogP) is 2.57. The summed E-state index contributed by atoms with van der Waals surface area (Å²) in [5.74, 6) is 0.487. The van der Waals surface area contributed by atoms with Crippen molar-refractivity contribution < 1.29 is 9.32 Å². The van der Waals surface area contributed by atoms with Crippen LogP contribution in [-0.4, -0.2) is 34.0 Å². The average Bonchev–Trinajstić information content (AvgIpc) is 3.03. The number of nitrogens with one attached hydrogen (secondary N) is 1. The van der Waals surface area contributed by atoms with Crippen LogP contribution in [0.5, 0.6) is 0 Å². The molecule has 1 amide bonds. The van der Waals surface area contributed by atoms with Crippen molar-refractivity contribution in [1.29, 1.82) is 0 Å². The van der Waals surface area contributed by atoms with Gasteiger partial charge in [0.1, 0.15) is 12.1 Å². The van der Waals surface area contributed by atoms with Crippen molar-refractivity contribution in [2.75, 3.05) is 18.4 Å². The van der Waals surface area contributed by atoms with Crippen LogP contribution < -0.4 is 5.32 Å². The van der Waals surface area contributed by atoms with Gasteiger partial charge in [0, 0.05) is 25.4 Å². The van der Waals surface area contributed by atoms with Crippen molar-refractivity contribution in [1.82, 2.24) is 15.0 Å². The Kier molecular flexibility index (Phi) is 4.70. The number of anilines is 1. The number of aromatic nitrogens is 2. The zero-order valence-electron chi connectivity index (χ0n) is 12.0. The Morgan fingerprint density at radius 1 is 1.45 bits per heavy atom. The van der Waals surface area contributed by atoms with Crippen LogP contribution >= 0.6 is 11.6 Å². The monoisotopic (exact) mass is 320 g/mol. The topological polar surface area (TPSA) is 71.3 Å². The minimum Gasteiger partial charge on any atom is -0.364 e. The third-order valence-corrected chi connectivity index (χ3v) is 3.96. The zero-order chi connectivity index (χ0) is 15.4. The number of carbonyl (C=O) groups excluding carboxylic acids is 1. The predicted molar refractivity (Wildman–Crippen MR) is 82.4 cm³/mol. The number of halogens is 1. The molecule has 3 rings (SSSR count). The summed E-state index contributed by atoms with van der Waals surface area (Å²) in [6, 6.07) is 5.26. The van der Waals surface area contributed by atoms with E-state index in [9.17, 15) is 4.79 Å².